The Hall–Kier alpha value is -2.65. The fraction of sp³-hybridized carbons (Fsp3) is 0.828. The SMILES string of the molecule is C=C(C)C(=O)NCCCNC(=O)OCC1O[C@@H]2O[C@@](C)(C(=O)O)OC2[C@@H](O)[C@@H]1O[C@@H]1OC(CO)[C@H](O[C@H]2OC(CO)[C@H](O)[C@H](O)C2O)[C@H](O)C1O. The highest BCUT2D eigenvalue weighted by Crippen LogP contribution is 2.39. The molecule has 4 fully saturated rings. The van der Waals surface area contributed by atoms with E-state index in [1.807, 2.05) is 0 Å². The van der Waals surface area contributed by atoms with Crippen LogP contribution in [0.2, 0.25) is 0 Å². The van der Waals surface area contributed by atoms with Crippen LogP contribution in [0.4, 0.5) is 4.79 Å². The van der Waals surface area contributed by atoms with Crippen LogP contribution in [0.15, 0.2) is 12.2 Å². The van der Waals surface area contributed by atoms with Crippen molar-refractivity contribution in [2.45, 2.75) is 118 Å². The van der Waals surface area contributed by atoms with E-state index >= 15 is 0 Å². The first-order valence-corrected chi connectivity index (χ1v) is 16.0. The minimum atomic E-state index is -2.26. The highest BCUT2D eigenvalue weighted by Gasteiger charge is 2.60. The highest BCUT2D eigenvalue weighted by molar-refractivity contribution is 5.92. The number of rotatable bonds is 14. The van der Waals surface area contributed by atoms with Gasteiger partial charge in [-0.1, -0.05) is 6.58 Å². The third-order valence-corrected chi connectivity index (χ3v) is 8.63. The Morgan fingerprint density at radius 1 is 0.745 bits per heavy atom. The molecule has 4 heterocycles. The van der Waals surface area contributed by atoms with Crippen LogP contribution < -0.4 is 10.6 Å². The minimum absolute atomic E-state index is 0.0803. The first-order chi connectivity index (χ1) is 24.0. The minimum Gasteiger partial charge on any atom is -0.477 e. The number of ether oxygens (including phenoxy) is 8. The maximum absolute atomic E-state index is 12.4. The number of hydrogen-bond donors (Lipinski definition) is 11. The first-order valence-electron chi connectivity index (χ1n) is 16.0. The van der Waals surface area contributed by atoms with Crippen molar-refractivity contribution in [3.8, 4) is 0 Å². The van der Waals surface area contributed by atoms with Gasteiger partial charge in [-0.15, -0.1) is 0 Å². The van der Waals surface area contributed by atoms with Gasteiger partial charge in [-0.2, -0.15) is 0 Å². The standard InChI is InChI=1S/C29H46N2O20/c1-10(2)23(40)30-5-4-6-31-28(43)44-9-13-21(19(39)22-26(47-13)51-29(3,50-22)27(41)42)49-25-18(38)16(36)20(12(8-33)46-25)48-24-17(37)15(35)14(34)11(7-32)45-24/h11-22,24-26,32-39H,1,4-9H2,2-3H3,(H,30,40)(H,31,43)(H,41,42)/t11?,12?,13?,14-,15-,16+,17?,18?,19-,20-,21+,22?,24+,25-,26+,29-/m0/s1. The van der Waals surface area contributed by atoms with Gasteiger partial charge in [-0.25, -0.2) is 9.59 Å². The molecule has 0 aliphatic carbocycles. The number of aliphatic hydroxyl groups is 8. The zero-order chi connectivity index (χ0) is 37.8. The summed E-state index contributed by atoms with van der Waals surface area (Å²) in [7, 11) is 0. The van der Waals surface area contributed by atoms with Gasteiger partial charge < -0.3 is 94.5 Å². The molecule has 0 aromatic rings. The van der Waals surface area contributed by atoms with Crippen molar-refractivity contribution in [3.05, 3.63) is 12.2 Å². The molecule has 0 spiro atoms. The Morgan fingerprint density at radius 2 is 1.31 bits per heavy atom. The zero-order valence-electron chi connectivity index (χ0n) is 27.6. The molecule has 16 atom stereocenters. The molecule has 4 aliphatic heterocycles. The summed E-state index contributed by atoms with van der Waals surface area (Å²) in [4.78, 5) is 35.8. The average Bonchev–Trinajstić information content (AvgIpc) is 3.45. The lowest BCUT2D eigenvalue weighted by Gasteiger charge is -2.47. The van der Waals surface area contributed by atoms with Crippen molar-refractivity contribution in [2.24, 2.45) is 0 Å². The van der Waals surface area contributed by atoms with Gasteiger partial charge in [0.25, 0.3) is 5.79 Å². The second-order valence-corrected chi connectivity index (χ2v) is 12.5. The largest absolute Gasteiger partial charge is 0.477 e. The van der Waals surface area contributed by atoms with Gasteiger partial charge in [0.1, 0.15) is 79.9 Å². The number of nitrogens with one attached hydrogen (secondary N) is 2. The number of aliphatic carboxylic acids is 1. The number of aliphatic hydroxyl groups excluding tert-OH is 8. The van der Waals surface area contributed by atoms with Crippen molar-refractivity contribution in [3.63, 3.8) is 0 Å². The summed E-state index contributed by atoms with van der Waals surface area (Å²) in [5.74, 6) is -4.17. The number of fused-ring (bicyclic) bond motifs is 1. The van der Waals surface area contributed by atoms with Crippen molar-refractivity contribution >= 4 is 18.0 Å². The van der Waals surface area contributed by atoms with Crippen LogP contribution >= 0.6 is 0 Å². The molecule has 11 N–H and O–H groups in total. The van der Waals surface area contributed by atoms with E-state index in [4.69, 9.17) is 37.9 Å². The van der Waals surface area contributed by atoms with Gasteiger partial charge in [0.15, 0.2) is 18.9 Å². The third kappa shape index (κ3) is 9.30. The molecule has 4 rings (SSSR count). The third-order valence-electron chi connectivity index (χ3n) is 8.63. The van der Waals surface area contributed by atoms with Crippen LogP contribution in [0, 0.1) is 0 Å². The van der Waals surface area contributed by atoms with Crippen molar-refractivity contribution in [2.75, 3.05) is 32.9 Å². The predicted molar refractivity (Wildman–Crippen MR) is 160 cm³/mol. The van der Waals surface area contributed by atoms with E-state index in [0.717, 1.165) is 6.92 Å². The molecule has 4 saturated heterocycles. The van der Waals surface area contributed by atoms with Crippen molar-refractivity contribution in [1.29, 1.82) is 0 Å². The van der Waals surface area contributed by atoms with Gasteiger partial charge in [0, 0.05) is 25.6 Å². The van der Waals surface area contributed by atoms with Crippen LogP contribution in [0.1, 0.15) is 20.3 Å². The zero-order valence-corrected chi connectivity index (χ0v) is 27.6. The summed E-state index contributed by atoms with van der Waals surface area (Å²) in [5.41, 5.74) is 0.310. The van der Waals surface area contributed by atoms with Gasteiger partial charge in [-0.3, -0.25) is 4.79 Å². The summed E-state index contributed by atoms with van der Waals surface area (Å²) < 4.78 is 44.1. The van der Waals surface area contributed by atoms with Gasteiger partial charge in [0.05, 0.1) is 13.2 Å². The van der Waals surface area contributed by atoms with Crippen molar-refractivity contribution in [1.82, 2.24) is 10.6 Å². The number of carboxylic acid groups (broad SMARTS) is 1. The second kappa shape index (κ2) is 17.5. The van der Waals surface area contributed by atoms with Crippen LogP contribution in [-0.2, 0) is 47.5 Å². The molecule has 292 valence electrons. The van der Waals surface area contributed by atoms with Crippen LogP contribution in [0.3, 0.4) is 0 Å². The van der Waals surface area contributed by atoms with E-state index in [-0.39, 0.29) is 19.0 Å². The Labute approximate surface area is 290 Å². The molecule has 0 aromatic carbocycles. The molecule has 0 bridgehead atoms. The topological polar surface area (TPSA) is 331 Å². The summed E-state index contributed by atoms with van der Waals surface area (Å²) in [6.07, 6.45) is -26.1. The van der Waals surface area contributed by atoms with Crippen LogP contribution in [-0.4, -0.2) is 195 Å². The maximum Gasteiger partial charge on any atom is 0.407 e. The molecule has 6 unspecified atom stereocenters. The summed E-state index contributed by atoms with van der Waals surface area (Å²) in [6, 6.07) is 0. The molecule has 0 radical (unpaired) electrons. The van der Waals surface area contributed by atoms with Crippen molar-refractivity contribution < 1.29 is 98.2 Å². The lowest BCUT2D eigenvalue weighted by atomic mass is 9.96. The molecule has 22 heteroatoms. The first kappa shape index (κ1) is 41.1. The molecule has 51 heavy (non-hydrogen) atoms. The molecular formula is C29H46N2O20. The normalized spacial score (nSPS) is 42.4. The van der Waals surface area contributed by atoms with E-state index in [1.165, 1.54) is 6.92 Å². The summed E-state index contributed by atoms with van der Waals surface area (Å²) >= 11 is 0. The number of carbonyl (C=O) groups excluding carboxylic acids is 2. The number of hydrogen-bond acceptors (Lipinski definition) is 19. The fourth-order valence-electron chi connectivity index (χ4n) is 5.69. The quantitative estimate of drug-likeness (QED) is 0.0583. The van der Waals surface area contributed by atoms with Crippen LogP contribution in [0.5, 0.6) is 0 Å². The number of carbonyl (C=O) groups is 3. The summed E-state index contributed by atoms with van der Waals surface area (Å²) in [5, 5.41) is 97.9. The lowest BCUT2D eigenvalue weighted by molar-refractivity contribution is -0.374. The number of amides is 2. The second-order valence-electron chi connectivity index (χ2n) is 12.5. The molecule has 22 nitrogen and oxygen atoms in total. The molecular weight excluding hydrogens is 696 g/mol. The fourth-order valence-corrected chi connectivity index (χ4v) is 5.69. The smallest absolute Gasteiger partial charge is 0.407 e. The molecule has 0 saturated carbocycles. The van der Waals surface area contributed by atoms with Crippen LogP contribution in [0.25, 0.3) is 0 Å². The predicted octanol–water partition coefficient (Wildman–Crippen LogP) is -5.89. The summed E-state index contributed by atoms with van der Waals surface area (Å²) in [6.45, 7) is 4.09. The van der Waals surface area contributed by atoms with Gasteiger partial charge in [0.2, 0.25) is 5.91 Å². The van der Waals surface area contributed by atoms with E-state index in [9.17, 15) is 60.3 Å². The molecule has 2 amide bonds. The maximum atomic E-state index is 12.4. The number of alkyl carbamates (subject to hydrolysis) is 1. The highest BCUT2D eigenvalue weighted by atomic mass is 16.8. The Morgan fingerprint density at radius 3 is 1.90 bits per heavy atom. The Kier molecular flexibility index (Phi) is 14.1. The van der Waals surface area contributed by atoms with E-state index < -0.39 is 130 Å². The molecule has 0 aromatic heterocycles. The van der Waals surface area contributed by atoms with Gasteiger partial charge >= 0.3 is 12.1 Å². The Bertz CT molecular complexity index is 1220. The number of carboxylic acids is 1. The molecule has 4 aliphatic rings. The van der Waals surface area contributed by atoms with Gasteiger partial charge in [-0.05, 0) is 13.3 Å². The van der Waals surface area contributed by atoms with E-state index in [1.54, 1.807) is 0 Å². The monoisotopic (exact) mass is 742 g/mol. The average molecular weight is 743 g/mol. The lowest BCUT2D eigenvalue weighted by Crippen LogP contribution is -2.66. The van der Waals surface area contributed by atoms with E-state index in [0.29, 0.717) is 12.0 Å². The van der Waals surface area contributed by atoms with E-state index in [2.05, 4.69) is 17.2 Å². The Balaban J connectivity index is 1.44.